The molecule has 0 amide bonds. The van der Waals surface area contributed by atoms with Gasteiger partial charge >= 0.3 is 0 Å². The van der Waals surface area contributed by atoms with Gasteiger partial charge in [-0.25, -0.2) is 4.39 Å². The fraction of sp³-hybridized carbons (Fsp3) is 0.200. The van der Waals surface area contributed by atoms with Crippen LogP contribution < -0.4 is 5.32 Å². The third-order valence-electron chi connectivity index (χ3n) is 2.84. The van der Waals surface area contributed by atoms with Crippen molar-refractivity contribution in [3.05, 3.63) is 63.9 Å². The summed E-state index contributed by atoms with van der Waals surface area (Å²) in [6, 6.07) is 13.1. The van der Waals surface area contributed by atoms with E-state index in [1.165, 1.54) is 23.3 Å². The molecular formula is C15H15BrFN. The highest BCUT2D eigenvalue weighted by Crippen LogP contribution is 2.23. The SMILES string of the molecule is CCc1ccc(CNc2cc(F)ccc2Br)cc1. The fourth-order valence-electron chi connectivity index (χ4n) is 1.72. The molecule has 1 nitrogen and oxygen atoms in total. The van der Waals surface area contributed by atoms with Crippen LogP contribution in [0, 0.1) is 5.82 Å². The second kappa shape index (κ2) is 6.01. The molecule has 3 heteroatoms. The van der Waals surface area contributed by atoms with Gasteiger partial charge in [-0.1, -0.05) is 31.2 Å². The molecule has 2 aromatic rings. The first-order chi connectivity index (χ1) is 8.69. The van der Waals surface area contributed by atoms with Gasteiger partial charge in [-0.05, 0) is 51.7 Å². The maximum absolute atomic E-state index is 13.1. The number of halogens is 2. The normalized spacial score (nSPS) is 10.4. The van der Waals surface area contributed by atoms with Crippen molar-refractivity contribution in [2.24, 2.45) is 0 Å². The van der Waals surface area contributed by atoms with E-state index in [0.717, 1.165) is 16.6 Å². The van der Waals surface area contributed by atoms with Crippen LogP contribution in [-0.4, -0.2) is 0 Å². The second-order valence-corrected chi connectivity index (χ2v) is 5.00. The maximum atomic E-state index is 13.1. The van der Waals surface area contributed by atoms with E-state index in [-0.39, 0.29) is 5.82 Å². The van der Waals surface area contributed by atoms with Crippen LogP contribution in [0.3, 0.4) is 0 Å². The summed E-state index contributed by atoms with van der Waals surface area (Å²) in [5, 5.41) is 3.22. The first-order valence-electron chi connectivity index (χ1n) is 5.96. The van der Waals surface area contributed by atoms with E-state index in [1.54, 1.807) is 6.07 Å². The van der Waals surface area contributed by atoms with Crippen molar-refractivity contribution < 1.29 is 4.39 Å². The van der Waals surface area contributed by atoms with E-state index in [1.807, 2.05) is 0 Å². The molecule has 2 aromatic carbocycles. The monoisotopic (exact) mass is 307 g/mol. The number of hydrogen-bond donors (Lipinski definition) is 1. The zero-order valence-corrected chi connectivity index (χ0v) is 11.8. The van der Waals surface area contributed by atoms with Crippen molar-refractivity contribution in [1.82, 2.24) is 0 Å². The molecule has 0 spiro atoms. The molecule has 0 fully saturated rings. The van der Waals surface area contributed by atoms with E-state index < -0.39 is 0 Å². The molecule has 0 aliphatic heterocycles. The highest BCUT2D eigenvalue weighted by atomic mass is 79.9. The van der Waals surface area contributed by atoms with E-state index >= 15 is 0 Å². The van der Waals surface area contributed by atoms with Crippen LogP contribution >= 0.6 is 15.9 Å². The summed E-state index contributed by atoms with van der Waals surface area (Å²) < 4.78 is 14.0. The Balaban J connectivity index is 2.04. The largest absolute Gasteiger partial charge is 0.380 e. The van der Waals surface area contributed by atoms with Crippen molar-refractivity contribution >= 4 is 21.6 Å². The Morgan fingerprint density at radius 2 is 1.72 bits per heavy atom. The van der Waals surface area contributed by atoms with Crippen LogP contribution in [0.25, 0.3) is 0 Å². The average Bonchev–Trinajstić information content (AvgIpc) is 2.40. The van der Waals surface area contributed by atoms with Crippen LogP contribution in [0.2, 0.25) is 0 Å². The summed E-state index contributed by atoms with van der Waals surface area (Å²) >= 11 is 3.40. The third-order valence-corrected chi connectivity index (χ3v) is 3.53. The molecule has 94 valence electrons. The summed E-state index contributed by atoms with van der Waals surface area (Å²) in [6.07, 6.45) is 1.04. The molecule has 18 heavy (non-hydrogen) atoms. The summed E-state index contributed by atoms with van der Waals surface area (Å²) in [7, 11) is 0. The van der Waals surface area contributed by atoms with Crippen molar-refractivity contribution in [3.63, 3.8) is 0 Å². The zero-order chi connectivity index (χ0) is 13.0. The predicted molar refractivity (Wildman–Crippen MR) is 77.2 cm³/mol. The molecule has 0 heterocycles. The standard InChI is InChI=1S/C15H15BrFN/c1-2-11-3-5-12(6-4-11)10-18-15-9-13(17)7-8-14(15)16/h3-9,18H,2,10H2,1H3. The zero-order valence-electron chi connectivity index (χ0n) is 10.2. The lowest BCUT2D eigenvalue weighted by atomic mass is 10.1. The van der Waals surface area contributed by atoms with E-state index in [0.29, 0.717) is 6.54 Å². The van der Waals surface area contributed by atoms with Crippen molar-refractivity contribution in [2.45, 2.75) is 19.9 Å². The minimum atomic E-state index is -0.234. The van der Waals surface area contributed by atoms with Gasteiger partial charge in [0, 0.05) is 11.0 Å². The number of hydrogen-bond acceptors (Lipinski definition) is 1. The minimum absolute atomic E-state index is 0.234. The lowest BCUT2D eigenvalue weighted by Crippen LogP contribution is -2.00. The topological polar surface area (TPSA) is 12.0 Å². The summed E-state index contributed by atoms with van der Waals surface area (Å²) in [4.78, 5) is 0. The first-order valence-corrected chi connectivity index (χ1v) is 6.75. The summed E-state index contributed by atoms with van der Waals surface area (Å²) in [6.45, 7) is 2.82. The molecule has 0 aromatic heterocycles. The molecule has 0 radical (unpaired) electrons. The molecule has 0 aliphatic rings. The predicted octanol–water partition coefficient (Wildman–Crippen LogP) is 4.76. The molecule has 0 atom stereocenters. The smallest absolute Gasteiger partial charge is 0.125 e. The average molecular weight is 308 g/mol. The van der Waals surface area contributed by atoms with Gasteiger partial charge in [0.25, 0.3) is 0 Å². The third kappa shape index (κ3) is 3.33. The summed E-state index contributed by atoms with van der Waals surface area (Å²) in [5.74, 6) is -0.234. The number of benzene rings is 2. The number of anilines is 1. The van der Waals surface area contributed by atoms with Gasteiger partial charge in [-0.15, -0.1) is 0 Å². The molecule has 1 N–H and O–H groups in total. The minimum Gasteiger partial charge on any atom is -0.380 e. The molecule has 0 unspecified atom stereocenters. The van der Waals surface area contributed by atoms with Crippen LogP contribution in [0.1, 0.15) is 18.1 Å². The number of nitrogens with one attached hydrogen (secondary N) is 1. The maximum Gasteiger partial charge on any atom is 0.125 e. The highest BCUT2D eigenvalue weighted by molar-refractivity contribution is 9.10. The van der Waals surface area contributed by atoms with Crippen LogP contribution in [0.5, 0.6) is 0 Å². The fourth-order valence-corrected chi connectivity index (χ4v) is 2.11. The summed E-state index contributed by atoms with van der Waals surface area (Å²) in [5.41, 5.74) is 3.28. The molecule has 0 aliphatic carbocycles. The van der Waals surface area contributed by atoms with Crippen molar-refractivity contribution in [3.8, 4) is 0 Å². The van der Waals surface area contributed by atoms with Crippen molar-refractivity contribution in [2.75, 3.05) is 5.32 Å². The number of aryl methyl sites for hydroxylation is 1. The van der Waals surface area contributed by atoms with Gasteiger partial charge in [0.2, 0.25) is 0 Å². The Labute approximate surface area is 115 Å². The molecule has 0 saturated heterocycles. The molecular weight excluding hydrogens is 293 g/mol. The van der Waals surface area contributed by atoms with E-state index in [9.17, 15) is 4.39 Å². The molecule has 2 rings (SSSR count). The highest BCUT2D eigenvalue weighted by Gasteiger charge is 2.01. The van der Waals surface area contributed by atoms with Crippen molar-refractivity contribution in [1.29, 1.82) is 0 Å². The molecule has 0 saturated carbocycles. The lowest BCUT2D eigenvalue weighted by molar-refractivity contribution is 0.628. The van der Waals surface area contributed by atoms with Crippen LogP contribution in [0.15, 0.2) is 46.9 Å². The van der Waals surface area contributed by atoms with Gasteiger partial charge in [0.05, 0.1) is 5.69 Å². The number of rotatable bonds is 4. The Morgan fingerprint density at radius 1 is 1.06 bits per heavy atom. The first kappa shape index (κ1) is 13.1. The van der Waals surface area contributed by atoms with Crippen LogP contribution in [0.4, 0.5) is 10.1 Å². The van der Waals surface area contributed by atoms with Gasteiger partial charge in [-0.2, -0.15) is 0 Å². The van der Waals surface area contributed by atoms with E-state index in [4.69, 9.17) is 0 Å². The van der Waals surface area contributed by atoms with Gasteiger partial charge in [-0.3, -0.25) is 0 Å². The van der Waals surface area contributed by atoms with Gasteiger partial charge < -0.3 is 5.32 Å². The van der Waals surface area contributed by atoms with Crippen LogP contribution in [-0.2, 0) is 13.0 Å². The Bertz CT molecular complexity index is 523. The Kier molecular flexibility index (Phi) is 4.37. The lowest BCUT2D eigenvalue weighted by Gasteiger charge is -2.09. The quantitative estimate of drug-likeness (QED) is 0.858. The second-order valence-electron chi connectivity index (χ2n) is 4.15. The Hall–Kier alpha value is -1.35. The Morgan fingerprint density at radius 3 is 2.39 bits per heavy atom. The molecule has 0 bridgehead atoms. The van der Waals surface area contributed by atoms with E-state index in [2.05, 4.69) is 52.4 Å². The van der Waals surface area contributed by atoms with Gasteiger partial charge in [0.15, 0.2) is 0 Å². The van der Waals surface area contributed by atoms with Gasteiger partial charge in [0.1, 0.15) is 5.82 Å².